The topological polar surface area (TPSA) is 114 Å². The zero-order valence-electron chi connectivity index (χ0n) is 15.9. The molecular formula is C16H27O9P. The van der Waals surface area contributed by atoms with Gasteiger partial charge in [0, 0.05) is 26.7 Å². The molecule has 0 radical (unpaired) electrons. The fourth-order valence-corrected chi connectivity index (χ4v) is 3.32. The van der Waals surface area contributed by atoms with Crippen molar-refractivity contribution in [1.29, 1.82) is 0 Å². The van der Waals surface area contributed by atoms with Crippen LogP contribution in [0.3, 0.4) is 0 Å². The second-order valence-corrected chi connectivity index (χ2v) is 10.1. The highest BCUT2D eigenvalue weighted by atomic mass is 31.2. The molecule has 0 spiro atoms. The number of carbonyl (C=O) groups is 3. The Hall–Kier alpha value is -1.44. The van der Waals surface area contributed by atoms with Gasteiger partial charge in [-0.05, 0) is 13.3 Å². The van der Waals surface area contributed by atoms with Gasteiger partial charge in [-0.3, -0.25) is 14.4 Å². The third-order valence-electron chi connectivity index (χ3n) is 3.84. The van der Waals surface area contributed by atoms with Crippen molar-refractivity contribution in [2.45, 2.75) is 52.0 Å². The first kappa shape index (κ1) is 22.6. The Morgan fingerprint density at radius 2 is 1.62 bits per heavy atom. The van der Waals surface area contributed by atoms with Gasteiger partial charge < -0.3 is 28.2 Å². The van der Waals surface area contributed by atoms with E-state index >= 15 is 0 Å². The van der Waals surface area contributed by atoms with Crippen molar-refractivity contribution in [3.63, 3.8) is 0 Å². The fourth-order valence-electron chi connectivity index (χ4n) is 2.44. The predicted octanol–water partition coefficient (Wildman–Crippen LogP) is 1.37. The summed E-state index contributed by atoms with van der Waals surface area (Å²) in [7, 11) is -2.71. The lowest BCUT2D eigenvalue weighted by molar-refractivity contribution is -0.196. The van der Waals surface area contributed by atoms with E-state index in [1.165, 1.54) is 34.1 Å². The number of hydrogen-bond donors (Lipinski definition) is 0. The Balaban J connectivity index is 2.77. The molecule has 10 heteroatoms. The van der Waals surface area contributed by atoms with Crippen LogP contribution in [-0.2, 0) is 42.6 Å². The minimum Gasteiger partial charge on any atom is -0.463 e. The molecule has 0 aromatic heterocycles. The fraction of sp³-hybridized carbons (Fsp3) is 0.812. The van der Waals surface area contributed by atoms with Crippen molar-refractivity contribution in [2.75, 3.05) is 26.5 Å². The summed E-state index contributed by atoms with van der Waals surface area (Å²) in [5.74, 6) is -2.71. The summed E-state index contributed by atoms with van der Waals surface area (Å²) >= 11 is 0. The molecule has 1 aliphatic heterocycles. The minimum atomic E-state index is -2.71. The van der Waals surface area contributed by atoms with Crippen LogP contribution in [0.4, 0.5) is 0 Å². The maximum atomic E-state index is 12.3. The molecule has 1 aliphatic rings. The highest BCUT2D eigenvalue weighted by Gasteiger charge is 2.46. The van der Waals surface area contributed by atoms with Crippen molar-refractivity contribution in [2.24, 2.45) is 5.92 Å². The van der Waals surface area contributed by atoms with Crippen molar-refractivity contribution in [3.05, 3.63) is 0 Å². The summed E-state index contributed by atoms with van der Waals surface area (Å²) in [6, 6.07) is 0. The van der Waals surface area contributed by atoms with Crippen LogP contribution in [0.2, 0.25) is 0 Å². The maximum absolute atomic E-state index is 12.3. The molecule has 9 nitrogen and oxygen atoms in total. The Bertz CT molecular complexity index is 570. The molecule has 1 heterocycles. The molecule has 5 atom stereocenters. The van der Waals surface area contributed by atoms with Gasteiger partial charge in [0.1, 0.15) is 19.6 Å². The van der Waals surface area contributed by atoms with Gasteiger partial charge in [-0.1, -0.05) is 6.92 Å². The Kier molecular flexibility index (Phi) is 8.24. The molecule has 0 aromatic carbocycles. The molecule has 0 N–H and O–H groups in total. The summed E-state index contributed by atoms with van der Waals surface area (Å²) in [5, 5.41) is 0. The second kappa shape index (κ2) is 9.48. The molecule has 150 valence electrons. The van der Waals surface area contributed by atoms with Crippen LogP contribution in [0.15, 0.2) is 0 Å². The van der Waals surface area contributed by atoms with Crippen LogP contribution < -0.4 is 0 Å². The van der Waals surface area contributed by atoms with E-state index in [9.17, 15) is 18.9 Å². The molecule has 0 amide bonds. The van der Waals surface area contributed by atoms with Crippen LogP contribution in [0.25, 0.3) is 0 Å². The van der Waals surface area contributed by atoms with E-state index in [4.69, 9.17) is 23.7 Å². The first-order valence-corrected chi connectivity index (χ1v) is 10.9. The van der Waals surface area contributed by atoms with Gasteiger partial charge in [-0.25, -0.2) is 0 Å². The summed E-state index contributed by atoms with van der Waals surface area (Å²) in [4.78, 5) is 33.5. The van der Waals surface area contributed by atoms with E-state index in [0.717, 1.165) is 0 Å². The average molecular weight is 394 g/mol. The first-order valence-electron chi connectivity index (χ1n) is 8.21. The summed E-state index contributed by atoms with van der Waals surface area (Å²) in [6.45, 7) is 8.43. The number of rotatable bonds is 8. The van der Waals surface area contributed by atoms with Crippen molar-refractivity contribution in [3.8, 4) is 0 Å². The van der Waals surface area contributed by atoms with Crippen LogP contribution in [0.1, 0.15) is 27.7 Å². The van der Waals surface area contributed by atoms with Crippen molar-refractivity contribution in [1.82, 2.24) is 0 Å². The third kappa shape index (κ3) is 7.05. The zero-order chi connectivity index (χ0) is 20.1. The van der Waals surface area contributed by atoms with Crippen LogP contribution >= 0.6 is 7.14 Å². The average Bonchev–Trinajstić information content (AvgIpc) is 2.73. The van der Waals surface area contributed by atoms with E-state index in [2.05, 4.69) is 0 Å². The molecule has 3 unspecified atom stereocenters. The molecule has 0 saturated carbocycles. The highest BCUT2D eigenvalue weighted by Crippen LogP contribution is 2.43. The molecule has 0 aromatic rings. The van der Waals surface area contributed by atoms with Gasteiger partial charge in [0.15, 0.2) is 6.10 Å². The predicted molar refractivity (Wildman–Crippen MR) is 91.0 cm³/mol. The number of esters is 3. The van der Waals surface area contributed by atoms with Crippen molar-refractivity contribution < 1.29 is 42.6 Å². The Morgan fingerprint density at radius 3 is 2.08 bits per heavy atom. The summed E-state index contributed by atoms with van der Waals surface area (Å²) in [6.07, 6.45) is -2.37. The van der Waals surface area contributed by atoms with E-state index in [0.29, 0.717) is 0 Å². The largest absolute Gasteiger partial charge is 0.463 e. The number of carbonyl (C=O) groups excluding carboxylic acids is 3. The number of hydrogen-bond acceptors (Lipinski definition) is 9. The van der Waals surface area contributed by atoms with E-state index < -0.39 is 49.4 Å². The molecule has 1 fully saturated rings. The van der Waals surface area contributed by atoms with Crippen LogP contribution in [0, 0.1) is 5.92 Å². The van der Waals surface area contributed by atoms with Gasteiger partial charge in [0.05, 0.1) is 12.7 Å². The summed E-state index contributed by atoms with van der Waals surface area (Å²) in [5.41, 5.74) is 0. The second-order valence-electron chi connectivity index (χ2n) is 6.61. The van der Waals surface area contributed by atoms with Gasteiger partial charge >= 0.3 is 17.9 Å². The molecular weight excluding hydrogens is 367 g/mol. The van der Waals surface area contributed by atoms with Gasteiger partial charge in [0.25, 0.3) is 0 Å². The van der Waals surface area contributed by atoms with Gasteiger partial charge in [-0.2, -0.15) is 0 Å². The Labute approximate surface area is 153 Å². The highest BCUT2D eigenvalue weighted by molar-refractivity contribution is 7.62. The SMILES string of the molecule is CC(=O)OCC(OC[C@H]1OC(OC(C)=O)C(OC(C)=O)[C@@H]1C)P(C)(C)=O. The zero-order valence-corrected chi connectivity index (χ0v) is 16.8. The van der Waals surface area contributed by atoms with E-state index in [1.807, 2.05) is 0 Å². The third-order valence-corrected chi connectivity index (χ3v) is 5.53. The first-order chi connectivity index (χ1) is 11.9. The molecule has 26 heavy (non-hydrogen) atoms. The Morgan fingerprint density at radius 1 is 1.04 bits per heavy atom. The van der Waals surface area contributed by atoms with Gasteiger partial charge in [-0.15, -0.1) is 0 Å². The standard InChI is InChI=1S/C16H27O9P/c1-9-13(7-22-14(26(5,6)20)8-21-10(2)17)25-16(24-12(4)19)15(9)23-11(3)18/h9,13-16H,7-8H2,1-6H3/t9-,13-,14?,15?,16?/m1/s1. The van der Waals surface area contributed by atoms with Crippen LogP contribution in [0.5, 0.6) is 0 Å². The normalized spacial score (nSPS) is 26.8. The minimum absolute atomic E-state index is 0.00823. The van der Waals surface area contributed by atoms with Gasteiger partial charge in [0.2, 0.25) is 6.29 Å². The van der Waals surface area contributed by atoms with E-state index in [1.54, 1.807) is 6.92 Å². The van der Waals surface area contributed by atoms with Crippen molar-refractivity contribution >= 4 is 25.0 Å². The molecule has 1 rings (SSSR count). The lowest BCUT2D eigenvalue weighted by Crippen LogP contribution is -2.34. The quantitative estimate of drug-likeness (QED) is 0.342. The maximum Gasteiger partial charge on any atom is 0.305 e. The monoisotopic (exact) mass is 394 g/mol. The smallest absolute Gasteiger partial charge is 0.305 e. The summed E-state index contributed by atoms with van der Waals surface area (Å²) < 4.78 is 38.8. The number of ether oxygens (including phenoxy) is 5. The molecule has 0 aliphatic carbocycles. The van der Waals surface area contributed by atoms with E-state index in [-0.39, 0.29) is 19.1 Å². The molecule has 1 saturated heterocycles. The lowest BCUT2D eigenvalue weighted by atomic mass is 10.0. The molecule has 0 bridgehead atoms. The van der Waals surface area contributed by atoms with Crippen LogP contribution in [-0.4, -0.2) is 68.8 Å². The lowest BCUT2D eigenvalue weighted by Gasteiger charge is -2.24.